The summed E-state index contributed by atoms with van der Waals surface area (Å²) in [5, 5.41) is 7.74. The van der Waals surface area contributed by atoms with E-state index in [1.165, 1.54) is 16.8 Å². The number of ether oxygens (including phenoxy) is 1. The summed E-state index contributed by atoms with van der Waals surface area (Å²) in [6.07, 6.45) is 3.00. The molecule has 4 aromatic rings. The minimum Gasteiger partial charge on any atom is -0.494 e. The van der Waals surface area contributed by atoms with Crippen LogP contribution in [0.4, 0.5) is 5.69 Å². The fraction of sp³-hybridized carbons (Fsp3) is 0.143. The number of nitrogens with zero attached hydrogens (tertiary/aromatic N) is 4. The van der Waals surface area contributed by atoms with Crippen molar-refractivity contribution in [3.8, 4) is 5.75 Å². The second-order valence-corrected chi connectivity index (χ2v) is 8.25. The molecule has 0 radical (unpaired) electrons. The molecule has 0 unspecified atom stereocenters. The van der Waals surface area contributed by atoms with Gasteiger partial charge >= 0.3 is 0 Å². The molecule has 0 spiro atoms. The Hall–Kier alpha value is -3.39. The molecule has 0 saturated carbocycles. The number of anilines is 1. The molecule has 8 heteroatoms. The summed E-state index contributed by atoms with van der Waals surface area (Å²) in [7, 11) is -3.83. The van der Waals surface area contributed by atoms with Gasteiger partial charge in [-0.3, -0.25) is 8.71 Å². The number of hydrogen-bond acceptors (Lipinski definition) is 5. The van der Waals surface area contributed by atoms with Crippen LogP contribution >= 0.6 is 0 Å². The second-order valence-electron chi connectivity index (χ2n) is 6.39. The number of fused-ring (bicyclic) bond motifs is 1. The minimum atomic E-state index is -3.83. The van der Waals surface area contributed by atoms with Crippen molar-refractivity contribution in [2.45, 2.75) is 18.4 Å². The molecule has 0 N–H and O–H groups in total. The number of aromatic nitrogens is 3. The van der Waals surface area contributed by atoms with Gasteiger partial charge in [0.2, 0.25) is 0 Å². The molecule has 0 aliphatic carbocycles. The zero-order chi connectivity index (χ0) is 20.3. The van der Waals surface area contributed by atoms with Gasteiger partial charge in [0.25, 0.3) is 10.0 Å². The standard InChI is InChI=1S/C21H20N4O3S/c1-2-28-19-10-8-18(9-11-19)25(14-17-6-4-3-5-7-17)29(26,27)20-12-13-21-23-22-16-24(21)15-20/h3-13,15-16H,2,14H2,1H3. The second kappa shape index (κ2) is 7.92. The van der Waals surface area contributed by atoms with Crippen LogP contribution in [-0.4, -0.2) is 29.6 Å². The Bertz CT molecular complexity index is 1210. The molecule has 7 nitrogen and oxygen atoms in total. The van der Waals surface area contributed by atoms with Crippen molar-refractivity contribution in [1.82, 2.24) is 14.6 Å². The van der Waals surface area contributed by atoms with Gasteiger partial charge in [0.05, 0.1) is 18.8 Å². The van der Waals surface area contributed by atoms with E-state index in [-0.39, 0.29) is 11.4 Å². The average Bonchev–Trinajstić information content (AvgIpc) is 3.22. The highest BCUT2D eigenvalue weighted by molar-refractivity contribution is 7.92. The molecule has 0 atom stereocenters. The molecule has 2 heterocycles. The highest BCUT2D eigenvalue weighted by atomic mass is 32.2. The van der Waals surface area contributed by atoms with Crippen molar-refractivity contribution in [1.29, 1.82) is 0 Å². The van der Waals surface area contributed by atoms with Crippen molar-refractivity contribution in [2.75, 3.05) is 10.9 Å². The average molecular weight is 408 g/mol. The zero-order valence-corrected chi connectivity index (χ0v) is 16.7. The fourth-order valence-corrected chi connectivity index (χ4v) is 4.49. The first-order valence-electron chi connectivity index (χ1n) is 9.17. The van der Waals surface area contributed by atoms with E-state index in [9.17, 15) is 8.42 Å². The highest BCUT2D eigenvalue weighted by Crippen LogP contribution is 2.28. The van der Waals surface area contributed by atoms with E-state index < -0.39 is 10.0 Å². The topological polar surface area (TPSA) is 76.8 Å². The van der Waals surface area contributed by atoms with E-state index in [4.69, 9.17) is 4.74 Å². The predicted octanol–water partition coefficient (Wildman–Crippen LogP) is 3.52. The number of benzene rings is 2. The third-order valence-corrected chi connectivity index (χ3v) is 6.21. The van der Waals surface area contributed by atoms with Crippen LogP contribution in [0.2, 0.25) is 0 Å². The molecule has 0 saturated heterocycles. The number of sulfonamides is 1. The molecule has 148 valence electrons. The molecule has 0 bridgehead atoms. The lowest BCUT2D eigenvalue weighted by Crippen LogP contribution is -2.30. The minimum absolute atomic E-state index is 0.162. The lowest BCUT2D eigenvalue weighted by molar-refractivity contribution is 0.340. The maximum absolute atomic E-state index is 13.6. The summed E-state index contributed by atoms with van der Waals surface area (Å²) in [5.74, 6) is 0.694. The van der Waals surface area contributed by atoms with Gasteiger partial charge in [-0.2, -0.15) is 0 Å². The van der Waals surface area contributed by atoms with Gasteiger partial charge < -0.3 is 4.74 Å². The van der Waals surface area contributed by atoms with Crippen molar-refractivity contribution in [3.05, 3.63) is 84.8 Å². The zero-order valence-electron chi connectivity index (χ0n) is 15.8. The van der Waals surface area contributed by atoms with Crippen molar-refractivity contribution in [2.24, 2.45) is 0 Å². The summed E-state index contributed by atoms with van der Waals surface area (Å²) >= 11 is 0. The van der Waals surface area contributed by atoms with Gasteiger partial charge in [0, 0.05) is 6.20 Å². The Balaban J connectivity index is 1.77. The number of pyridine rings is 1. The largest absolute Gasteiger partial charge is 0.494 e. The van der Waals surface area contributed by atoms with Crippen molar-refractivity contribution >= 4 is 21.4 Å². The Morgan fingerprint density at radius 3 is 2.48 bits per heavy atom. The summed E-state index contributed by atoms with van der Waals surface area (Å²) < 4.78 is 35.6. The number of hydrogen-bond donors (Lipinski definition) is 0. The van der Waals surface area contributed by atoms with Gasteiger partial charge in [0.15, 0.2) is 5.65 Å². The Labute approximate surface area is 169 Å². The molecule has 0 aliphatic rings. The lowest BCUT2D eigenvalue weighted by Gasteiger charge is -2.25. The van der Waals surface area contributed by atoms with Gasteiger partial charge in [-0.05, 0) is 48.9 Å². The summed E-state index contributed by atoms with van der Waals surface area (Å²) in [6, 6.07) is 19.7. The van der Waals surface area contributed by atoms with E-state index in [1.807, 2.05) is 37.3 Å². The summed E-state index contributed by atoms with van der Waals surface area (Å²) in [4.78, 5) is 0.162. The number of rotatable bonds is 7. The van der Waals surface area contributed by atoms with Crippen LogP contribution in [0.5, 0.6) is 5.75 Å². The molecule has 4 rings (SSSR count). The Kier molecular flexibility index (Phi) is 5.18. The first kappa shape index (κ1) is 18.9. The Morgan fingerprint density at radius 1 is 1.00 bits per heavy atom. The molecular formula is C21H20N4O3S. The third kappa shape index (κ3) is 3.93. The van der Waals surface area contributed by atoms with Crippen LogP contribution in [0.1, 0.15) is 12.5 Å². The Morgan fingerprint density at radius 2 is 1.76 bits per heavy atom. The quantitative estimate of drug-likeness (QED) is 0.468. The smallest absolute Gasteiger partial charge is 0.266 e. The maximum atomic E-state index is 13.6. The highest BCUT2D eigenvalue weighted by Gasteiger charge is 2.26. The van der Waals surface area contributed by atoms with Crippen molar-refractivity contribution in [3.63, 3.8) is 0 Å². The van der Waals surface area contributed by atoms with Crippen LogP contribution in [0.15, 0.2) is 84.1 Å². The third-order valence-electron chi connectivity index (χ3n) is 4.46. The fourth-order valence-electron chi connectivity index (χ4n) is 3.03. The normalized spacial score (nSPS) is 11.5. The SMILES string of the molecule is CCOc1ccc(N(Cc2ccccc2)S(=O)(=O)c2ccc3nncn3c2)cc1. The summed E-state index contributed by atoms with van der Waals surface area (Å²) in [6.45, 7) is 2.66. The van der Waals surface area contributed by atoms with Crippen LogP contribution in [0, 0.1) is 0 Å². The van der Waals surface area contributed by atoms with E-state index >= 15 is 0 Å². The predicted molar refractivity (Wildman–Crippen MR) is 110 cm³/mol. The van der Waals surface area contributed by atoms with E-state index in [0.717, 1.165) is 5.56 Å². The van der Waals surface area contributed by atoms with E-state index in [1.54, 1.807) is 40.8 Å². The van der Waals surface area contributed by atoms with Gasteiger partial charge in [-0.1, -0.05) is 30.3 Å². The maximum Gasteiger partial charge on any atom is 0.266 e. The van der Waals surface area contributed by atoms with Crippen molar-refractivity contribution < 1.29 is 13.2 Å². The molecule has 0 aliphatic heterocycles. The molecule has 0 amide bonds. The summed E-state index contributed by atoms with van der Waals surface area (Å²) in [5.41, 5.74) is 2.02. The van der Waals surface area contributed by atoms with Gasteiger partial charge in [-0.15, -0.1) is 10.2 Å². The molecule has 0 fully saturated rings. The lowest BCUT2D eigenvalue weighted by atomic mass is 10.2. The molecule has 2 aromatic heterocycles. The molecule has 29 heavy (non-hydrogen) atoms. The first-order chi connectivity index (χ1) is 14.1. The van der Waals surface area contributed by atoms with Gasteiger partial charge in [-0.25, -0.2) is 8.42 Å². The van der Waals surface area contributed by atoms with Crippen LogP contribution in [0.25, 0.3) is 5.65 Å². The van der Waals surface area contributed by atoms with Crippen LogP contribution < -0.4 is 9.04 Å². The van der Waals surface area contributed by atoms with Crippen LogP contribution in [0.3, 0.4) is 0 Å². The van der Waals surface area contributed by atoms with Gasteiger partial charge in [0.1, 0.15) is 17.0 Å². The first-order valence-corrected chi connectivity index (χ1v) is 10.6. The monoisotopic (exact) mass is 408 g/mol. The van der Waals surface area contributed by atoms with Crippen LogP contribution in [-0.2, 0) is 16.6 Å². The molecular weight excluding hydrogens is 388 g/mol. The molecule has 2 aromatic carbocycles. The van der Waals surface area contributed by atoms with E-state index in [0.29, 0.717) is 23.7 Å². The van der Waals surface area contributed by atoms with E-state index in [2.05, 4.69) is 10.2 Å².